The minimum atomic E-state index is 0.884. The molecule has 0 amide bonds. The second-order valence-electron chi connectivity index (χ2n) is 5.54. The molecule has 0 bridgehead atoms. The Balaban J connectivity index is 1.79. The second-order valence-corrected chi connectivity index (χ2v) is 5.54. The van der Waals surface area contributed by atoms with Gasteiger partial charge in [-0.05, 0) is 62.4 Å². The van der Waals surface area contributed by atoms with E-state index in [1.807, 2.05) is 6.07 Å². The van der Waals surface area contributed by atoms with Crippen LogP contribution in [0.3, 0.4) is 0 Å². The van der Waals surface area contributed by atoms with E-state index in [1.54, 1.807) is 0 Å². The van der Waals surface area contributed by atoms with Crippen LogP contribution in [0.15, 0.2) is 24.3 Å². The van der Waals surface area contributed by atoms with Crippen molar-refractivity contribution in [1.29, 1.82) is 0 Å². The van der Waals surface area contributed by atoms with Gasteiger partial charge in [0.05, 0.1) is 0 Å². The van der Waals surface area contributed by atoms with Crippen LogP contribution in [-0.2, 0) is 6.42 Å². The van der Waals surface area contributed by atoms with Crippen molar-refractivity contribution >= 4 is 5.69 Å². The van der Waals surface area contributed by atoms with Crippen LogP contribution in [0.5, 0.6) is 0 Å². The lowest BCUT2D eigenvalue weighted by molar-refractivity contribution is 0.283. The highest BCUT2D eigenvalue weighted by molar-refractivity contribution is 5.40. The maximum Gasteiger partial charge on any atom is 0.0316 e. The molecule has 1 aromatic carbocycles. The number of nitrogens with zero attached hydrogens (tertiary/aromatic N) is 1. The summed E-state index contributed by atoms with van der Waals surface area (Å²) in [6.45, 7) is 6.06. The van der Waals surface area contributed by atoms with Crippen LogP contribution in [0.4, 0.5) is 5.69 Å². The maximum absolute atomic E-state index is 5.81. The van der Waals surface area contributed by atoms with E-state index in [4.69, 9.17) is 5.73 Å². The smallest absolute Gasteiger partial charge is 0.0316 e. The number of anilines is 1. The summed E-state index contributed by atoms with van der Waals surface area (Å²) in [7, 11) is 0. The zero-order valence-corrected chi connectivity index (χ0v) is 11.6. The number of rotatable bonds is 4. The van der Waals surface area contributed by atoms with Crippen molar-refractivity contribution in [3.8, 4) is 0 Å². The third-order valence-corrected chi connectivity index (χ3v) is 4.19. The summed E-state index contributed by atoms with van der Waals surface area (Å²) >= 11 is 0. The molecule has 18 heavy (non-hydrogen) atoms. The van der Waals surface area contributed by atoms with E-state index >= 15 is 0 Å². The van der Waals surface area contributed by atoms with Crippen LogP contribution in [0.25, 0.3) is 0 Å². The largest absolute Gasteiger partial charge is 0.399 e. The Labute approximate surface area is 111 Å². The van der Waals surface area contributed by atoms with Gasteiger partial charge in [-0.15, -0.1) is 0 Å². The normalized spacial score (nSPS) is 21.7. The molecule has 0 saturated carbocycles. The van der Waals surface area contributed by atoms with E-state index in [2.05, 4.69) is 30.0 Å². The average Bonchev–Trinajstić information content (AvgIpc) is 2.61. The molecule has 1 saturated heterocycles. The van der Waals surface area contributed by atoms with E-state index in [1.165, 1.54) is 50.9 Å². The first-order valence-electron chi connectivity index (χ1n) is 7.34. The van der Waals surface area contributed by atoms with Gasteiger partial charge in [-0.25, -0.2) is 0 Å². The number of hydrogen-bond donors (Lipinski definition) is 1. The molecule has 100 valence electrons. The Morgan fingerprint density at radius 1 is 1.28 bits per heavy atom. The SMILES string of the molecule is CCC1CCCN(CCc2cccc(N)c2)CC1. The van der Waals surface area contributed by atoms with Gasteiger partial charge in [-0.3, -0.25) is 0 Å². The molecule has 1 fully saturated rings. The van der Waals surface area contributed by atoms with Gasteiger partial charge in [0.25, 0.3) is 0 Å². The zero-order chi connectivity index (χ0) is 12.8. The summed E-state index contributed by atoms with van der Waals surface area (Å²) in [6, 6.07) is 8.30. The van der Waals surface area contributed by atoms with Crippen molar-refractivity contribution in [1.82, 2.24) is 4.90 Å². The van der Waals surface area contributed by atoms with Gasteiger partial charge in [0, 0.05) is 12.2 Å². The average molecular weight is 246 g/mol. The molecule has 1 atom stereocenters. The topological polar surface area (TPSA) is 29.3 Å². The van der Waals surface area contributed by atoms with Crippen LogP contribution in [0.2, 0.25) is 0 Å². The summed E-state index contributed by atoms with van der Waals surface area (Å²) in [4.78, 5) is 2.62. The maximum atomic E-state index is 5.81. The number of nitrogens with two attached hydrogens (primary N) is 1. The Hall–Kier alpha value is -1.02. The lowest BCUT2D eigenvalue weighted by Crippen LogP contribution is -2.27. The fraction of sp³-hybridized carbons (Fsp3) is 0.625. The third-order valence-electron chi connectivity index (χ3n) is 4.19. The molecule has 1 aliphatic heterocycles. The fourth-order valence-electron chi connectivity index (χ4n) is 2.89. The first kappa shape index (κ1) is 13.4. The summed E-state index contributed by atoms with van der Waals surface area (Å²) in [6.07, 6.45) is 6.65. The highest BCUT2D eigenvalue weighted by Crippen LogP contribution is 2.20. The van der Waals surface area contributed by atoms with Gasteiger partial charge in [0.1, 0.15) is 0 Å². The fourth-order valence-corrected chi connectivity index (χ4v) is 2.89. The highest BCUT2D eigenvalue weighted by Gasteiger charge is 2.15. The minimum Gasteiger partial charge on any atom is -0.399 e. The molecule has 0 aromatic heterocycles. The Morgan fingerprint density at radius 3 is 2.94 bits per heavy atom. The molecule has 1 unspecified atom stereocenters. The molecule has 2 nitrogen and oxygen atoms in total. The number of hydrogen-bond acceptors (Lipinski definition) is 2. The first-order chi connectivity index (χ1) is 8.78. The van der Waals surface area contributed by atoms with E-state index in [0.29, 0.717) is 0 Å². The summed E-state index contributed by atoms with van der Waals surface area (Å²) in [5.41, 5.74) is 8.07. The monoisotopic (exact) mass is 246 g/mol. The molecular weight excluding hydrogens is 220 g/mol. The lowest BCUT2D eigenvalue weighted by Gasteiger charge is -2.20. The molecular formula is C16H26N2. The van der Waals surface area contributed by atoms with E-state index < -0.39 is 0 Å². The van der Waals surface area contributed by atoms with Crippen LogP contribution < -0.4 is 5.73 Å². The van der Waals surface area contributed by atoms with Crippen molar-refractivity contribution in [3.05, 3.63) is 29.8 Å². The predicted octanol–water partition coefficient (Wildman–Crippen LogP) is 3.32. The molecule has 1 aliphatic rings. The van der Waals surface area contributed by atoms with Gasteiger partial charge >= 0.3 is 0 Å². The Bertz CT molecular complexity index is 362. The highest BCUT2D eigenvalue weighted by atomic mass is 15.1. The second kappa shape index (κ2) is 6.79. The zero-order valence-electron chi connectivity index (χ0n) is 11.6. The Kier molecular flexibility index (Phi) is 5.06. The first-order valence-corrected chi connectivity index (χ1v) is 7.34. The van der Waals surface area contributed by atoms with Crippen LogP contribution in [0, 0.1) is 5.92 Å². The van der Waals surface area contributed by atoms with Crippen molar-refractivity contribution in [2.24, 2.45) is 5.92 Å². The van der Waals surface area contributed by atoms with Gasteiger partial charge in [0.15, 0.2) is 0 Å². The van der Waals surface area contributed by atoms with Crippen LogP contribution in [-0.4, -0.2) is 24.5 Å². The number of likely N-dealkylation sites (tertiary alicyclic amines) is 1. The quantitative estimate of drug-likeness (QED) is 0.826. The summed E-state index contributed by atoms with van der Waals surface area (Å²) < 4.78 is 0. The van der Waals surface area contributed by atoms with E-state index in [0.717, 1.165) is 18.0 Å². The predicted molar refractivity (Wildman–Crippen MR) is 78.6 cm³/mol. The number of nitrogen functional groups attached to an aromatic ring is 1. The van der Waals surface area contributed by atoms with Gasteiger partial charge < -0.3 is 10.6 Å². The molecule has 2 heteroatoms. The van der Waals surface area contributed by atoms with Crippen molar-refractivity contribution in [2.75, 3.05) is 25.4 Å². The van der Waals surface area contributed by atoms with Crippen molar-refractivity contribution in [3.63, 3.8) is 0 Å². The third kappa shape index (κ3) is 4.02. The molecule has 0 spiro atoms. The van der Waals surface area contributed by atoms with Crippen molar-refractivity contribution in [2.45, 2.75) is 39.0 Å². The van der Waals surface area contributed by atoms with E-state index in [9.17, 15) is 0 Å². The molecule has 0 aliphatic carbocycles. The van der Waals surface area contributed by atoms with Gasteiger partial charge in [-0.1, -0.05) is 25.5 Å². The number of benzene rings is 1. The molecule has 2 rings (SSSR count). The lowest BCUT2D eigenvalue weighted by atomic mass is 9.98. The Morgan fingerprint density at radius 2 is 2.17 bits per heavy atom. The van der Waals surface area contributed by atoms with Gasteiger partial charge in [-0.2, -0.15) is 0 Å². The molecule has 1 aromatic rings. The molecule has 2 N–H and O–H groups in total. The van der Waals surface area contributed by atoms with Crippen LogP contribution in [0.1, 0.15) is 38.2 Å². The molecule has 1 heterocycles. The summed E-state index contributed by atoms with van der Waals surface area (Å²) in [5.74, 6) is 0.961. The minimum absolute atomic E-state index is 0.884. The molecule has 0 radical (unpaired) electrons. The standard InChI is InChI=1S/C16H26N2/c1-2-14-6-4-10-18(11-8-14)12-9-15-5-3-7-16(17)13-15/h3,5,7,13-14H,2,4,6,8-12,17H2,1H3. The van der Waals surface area contributed by atoms with Gasteiger partial charge in [0.2, 0.25) is 0 Å². The van der Waals surface area contributed by atoms with Crippen LogP contribution >= 0.6 is 0 Å². The van der Waals surface area contributed by atoms with Crippen molar-refractivity contribution < 1.29 is 0 Å². The van der Waals surface area contributed by atoms with E-state index in [-0.39, 0.29) is 0 Å². The summed E-state index contributed by atoms with van der Waals surface area (Å²) in [5, 5.41) is 0.